The van der Waals surface area contributed by atoms with Gasteiger partial charge in [-0.3, -0.25) is 4.79 Å². The van der Waals surface area contributed by atoms with E-state index in [1.807, 2.05) is 0 Å². The molecule has 0 aromatic carbocycles. The molecule has 8 heteroatoms. The van der Waals surface area contributed by atoms with E-state index in [0.717, 1.165) is 10.5 Å². The summed E-state index contributed by atoms with van der Waals surface area (Å²) in [6, 6.07) is 2.69. The number of pyridine rings is 1. The molecule has 0 atom stereocenters. The molecule has 7 nitrogen and oxygen atoms in total. The molecular weight excluding hydrogens is 284 g/mol. The first kappa shape index (κ1) is 15.9. The van der Waals surface area contributed by atoms with E-state index in [0.29, 0.717) is 0 Å². The maximum atomic E-state index is 12.0. The molecule has 0 aliphatic carbocycles. The van der Waals surface area contributed by atoms with Crippen molar-refractivity contribution in [3.63, 3.8) is 0 Å². The highest BCUT2D eigenvalue weighted by Gasteiger charge is 2.23. The van der Waals surface area contributed by atoms with Crippen molar-refractivity contribution >= 4 is 16.0 Å². The van der Waals surface area contributed by atoms with Crippen molar-refractivity contribution < 1.29 is 23.1 Å². The van der Waals surface area contributed by atoms with Gasteiger partial charge in [0.1, 0.15) is 11.4 Å². The molecule has 0 bridgehead atoms. The van der Waals surface area contributed by atoms with Crippen LogP contribution in [-0.2, 0) is 14.8 Å². The van der Waals surface area contributed by atoms with Crippen LogP contribution < -0.4 is 4.74 Å². The van der Waals surface area contributed by atoms with E-state index in [2.05, 4.69) is 16.8 Å². The van der Waals surface area contributed by atoms with Gasteiger partial charge in [-0.1, -0.05) is 5.92 Å². The van der Waals surface area contributed by atoms with Gasteiger partial charge in [-0.25, -0.2) is 13.4 Å². The van der Waals surface area contributed by atoms with E-state index in [-0.39, 0.29) is 17.4 Å². The smallest absolute Gasteiger partial charge is 0.318 e. The minimum atomic E-state index is -3.87. The van der Waals surface area contributed by atoms with E-state index in [9.17, 15) is 13.2 Å². The molecule has 1 N–H and O–H groups in total. The van der Waals surface area contributed by atoms with Gasteiger partial charge in [0, 0.05) is 13.1 Å². The Morgan fingerprint density at radius 1 is 1.50 bits per heavy atom. The second-order valence-corrected chi connectivity index (χ2v) is 5.75. The SMILES string of the molecule is CC#CCOc1ccc(S(=O)(=O)N(C)CC(=O)O)cn1. The highest BCUT2D eigenvalue weighted by atomic mass is 32.2. The Kier molecular flexibility index (Phi) is 5.49. The molecule has 1 heterocycles. The van der Waals surface area contributed by atoms with Crippen LogP contribution in [0.5, 0.6) is 5.88 Å². The highest BCUT2D eigenvalue weighted by molar-refractivity contribution is 7.89. The van der Waals surface area contributed by atoms with E-state index in [4.69, 9.17) is 9.84 Å². The van der Waals surface area contributed by atoms with Gasteiger partial charge in [-0.05, 0) is 13.0 Å². The lowest BCUT2D eigenvalue weighted by Gasteiger charge is -2.14. The first-order chi connectivity index (χ1) is 9.37. The van der Waals surface area contributed by atoms with Crippen LogP contribution in [0.1, 0.15) is 6.92 Å². The lowest BCUT2D eigenvalue weighted by molar-refractivity contribution is -0.137. The van der Waals surface area contributed by atoms with Crippen LogP contribution >= 0.6 is 0 Å². The average Bonchev–Trinajstić information content (AvgIpc) is 2.39. The maximum Gasteiger partial charge on any atom is 0.318 e. The summed E-state index contributed by atoms with van der Waals surface area (Å²) in [5, 5.41) is 8.60. The van der Waals surface area contributed by atoms with Gasteiger partial charge >= 0.3 is 5.97 Å². The third-order valence-electron chi connectivity index (χ3n) is 2.24. The third-order valence-corrected chi connectivity index (χ3v) is 4.03. The van der Waals surface area contributed by atoms with Crippen molar-refractivity contribution in [1.29, 1.82) is 0 Å². The van der Waals surface area contributed by atoms with Crippen molar-refractivity contribution in [3.05, 3.63) is 18.3 Å². The maximum absolute atomic E-state index is 12.0. The number of rotatable bonds is 6. The molecule has 0 amide bonds. The molecule has 0 spiro atoms. The quantitative estimate of drug-likeness (QED) is 0.753. The highest BCUT2D eigenvalue weighted by Crippen LogP contribution is 2.15. The monoisotopic (exact) mass is 298 g/mol. The summed E-state index contributed by atoms with van der Waals surface area (Å²) in [4.78, 5) is 14.3. The number of hydrogen-bond donors (Lipinski definition) is 1. The Balaban J connectivity index is 2.85. The topological polar surface area (TPSA) is 96.8 Å². The summed E-state index contributed by atoms with van der Waals surface area (Å²) < 4.78 is 29.9. The predicted molar refractivity (Wildman–Crippen MR) is 70.6 cm³/mol. The number of nitrogens with zero attached hydrogens (tertiary/aromatic N) is 2. The van der Waals surface area contributed by atoms with Crippen LogP contribution in [0.3, 0.4) is 0 Å². The zero-order valence-electron chi connectivity index (χ0n) is 11.0. The van der Waals surface area contributed by atoms with E-state index in [1.54, 1.807) is 6.92 Å². The van der Waals surface area contributed by atoms with E-state index >= 15 is 0 Å². The molecule has 108 valence electrons. The minimum Gasteiger partial charge on any atom is -0.480 e. The van der Waals surface area contributed by atoms with Gasteiger partial charge in [0.2, 0.25) is 15.9 Å². The van der Waals surface area contributed by atoms with Gasteiger partial charge < -0.3 is 9.84 Å². The number of sulfonamides is 1. The zero-order valence-corrected chi connectivity index (χ0v) is 11.8. The second-order valence-electron chi connectivity index (χ2n) is 3.70. The molecule has 0 unspecified atom stereocenters. The van der Waals surface area contributed by atoms with Crippen molar-refractivity contribution in [1.82, 2.24) is 9.29 Å². The second kappa shape index (κ2) is 6.88. The largest absolute Gasteiger partial charge is 0.480 e. The third kappa shape index (κ3) is 4.22. The molecule has 1 aromatic rings. The van der Waals surface area contributed by atoms with Crippen molar-refractivity contribution in [2.24, 2.45) is 0 Å². The number of hydrogen-bond acceptors (Lipinski definition) is 5. The molecule has 20 heavy (non-hydrogen) atoms. The van der Waals surface area contributed by atoms with Gasteiger partial charge in [0.15, 0.2) is 6.61 Å². The summed E-state index contributed by atoms with van der Waals surface area (Å²) in [6.07, 6.45) is 1.11. The Morgan fingerprint density at radius 2 is 2.20 bits per heavy atom. The summed E-state index contributed by atoms with van der Waals surface area (Å²) in [5.41, 5.74) is 0. The summed E-state index contributed by atoms with van der Waals surface area (Å²) >= 11 is 0. The molecule has 0 aliphatic rings. The molecule has 0 radical (unpaired) electrons. The fourth-order valence-electron chi connectivity index (χ4n) is 1.24. The molecule has 0 fully saturated rings. The lowest BCUT2D eigenvalue weighted by Crippen LogP contribution is -2.32. The van der Waals surface area contributed by atoms with Crippen LogP contribution in [0.15, 0.2) is 23.2 Å². The zero-order chi connectivity index (χ0) is 15.2. The normalized spacial score (nSPS) is 10.8. The first-order valence-electron chi connectivity index (χ1n) is 5.54. The summed E-state index contributed by atoms with van der Waals surface area (Å²) in [5.74, 6) is 4.33. The van der Waals surface area contributed by atoms with Crippen LogP contribution in [-0.4, -0.2) is 49.0 Å². The Morgan fingerprint density at radius 3 is 2.70 bits per heavy atom. The molecular formula is C12H14N2O5S. The number of aromatic nitrogens is 1. The molecule has 1 rings (SSSR count). The van der Waals surface area contributed by atoms with E-state index in [1.165, 1.54) is 19.2 Å². The van der Waals surface area contributed by atoms with Gasteiger partial charge in [0.05, 0.1) is 6.20 Å². The number of likely N-dealkylation sites (N-methyl/N-ethyl adjacent to an activating group) is 1. The summed E-state index contributed by atoms with van der Waals surface area (Å²) in [7, 11) is -2.68. The minimum absolute atomic E-state index is 0.102. The number of ether oxygens (including phenoxy) is 1. The predicted octanol–water partition coefficient (Wildman–Crippen LogP) is 0.189. The van der Waals surface area contributed by atoms with Crippen molar-refractivity contribution in [3.8, 4) is 17.7 Å². The van der Waals surface area contributed by atoms with Crippen LogP contribution in [0, 0.1) is 11.8 Å². The van der Waals surface area contributed by atoms with Crippen LogP contribution in [0.2, 0.25) is 0 Å². The standard InChI is InChI=1S/C12H14N2O5S/c1-3-4-7-19-11-6-5-10(8-13-11)20(17,18)14(2)9-12(15)16/h5-6,8H,7,9H2,1-2H3,(H,15,16). The fourth-order valence-corrected chi connectivity index (χ4v) is 2.31. The van der Waals surface area contributed by atoms with Gasteiger partial charge in [0.25, 0.3) is 0 Å². The lowest BCUT2D eigenvalue weighted by atomic mass is 10.5. The fraction of sp³-hybridized carbons (Fsp3) is 0.333. The molecule has 0 saturated heterocycles. The molecule has 0 aliphatic heterocycles. The number of carbonyl (C=O) groups is 1. The number of aliphatic carboxylic acids is 1. The Hall–Kier alpha value is -2.11. The summed E-state index contributed by atoms with van der Waals surface area (Å²) in [6.45, 7) is 1.21. The first-order valence-corrected chi connectivity index (χ1v) is 6.98. The number of carboxylic acid groups (broad SMARTS) is 1. The van der Waals surface area contributed by atoms with Crippen molar-refractivity contribution in [2.75, 3.05) is 20.2 Å². The van der Waals surface area contributed by atoms with Crippen molar-refractivity contribution in [2.45, 2.75) is 11.8 Å². The molecule has 0 saturated carbocycles. The molecule has 1 aromatic heterocycles. The van der Waals surface area contributed by atoms with Gasteiger partial charge in [-0.2, -0.15) is 4.31 Å². The van der Waals surface area contributed by atoms with Crippen LogP contribution in [0.25, 0.3) is 0 Å². The van der Waals surface area contributed by atoms with Crippen LogP contribution in [0.4, 0.5) is 0 Å². The van der Waals surface area contributed by atoms with Gasteiger partial charge in [-0.15, -0.1) is 5.92 Å². The Labute approximate surface area is 117 Å². The number of carboxylic acids is 1. The average molecular weight is 298 g/mol. The Bertz CT molecular complexity index is 628. The van der Waals surface area contributed by atoms with E-state index < -0.39 is 22.5 Å².